The van der Waals surface area contributed by atoms with Gasteiger partial charge in [0.2, 0.25) is 5.91 Å². The number of hydrogen-bond acceptors (Lipinski definition) is 4. The number of amides is 1. The van der Waals surface area contributed by atoms with Crippen molar-refractivity contribution in [3.63, 3.8) is 0 Å². The van der Waals surface area contributed by atoms with Crippen molar-refractivity contribution in [3.05, 3.63) is 89.3 Å². The van der Waals surface area contributed by atoms with Crippen molar-refractivity contribution in [1.82, 2.24) is 15.0 Å². The van der Waals surface area contributed by atoms with Gasteiger partial charge in [0.05, 0.1) is 12.2 Å². The maximum absolute atomic E-state index is 13.1. The van der Waals surface area contributed by atoms with Crippen LogP contribution in [0.2, 0.25) is 0 Å². The smallest absolute Gasteiger partial charge is 0.223 e. The van der Waals surface area contributed by atoms with Crippen LogP contribution < -0.4 is 0 Å². The monoisotopic (exact) mass is 389 g/mol. The van der Waals surface area contributed by atoms with E-state index in [-0.39, 0.29) is 11.8 Å². The quantitative estimate of drug-likeness (QED) is 0.643. The summed E-state index contributed by atoms with van der Waals surface area (Å²) >= 11 is 0. The molecule has 0 atom stereocenters. The highest BCUT2D eigenvalue weighted by molar-refractivity contribution is 5.78. The molecule has 0 N–H and O–H groups in total. The van der Waals surface area contributed by atoms with Gasteiger partial charge in [-0.15, -0.1) is 0 Å². The van der Waals surface area contributed by atoms with Gasteiger partial charge in [-0.05, 0) is 18.1 Å². The second kappa shape index (κ2) is 9.05. The van der Waals surface area contributed by atoms with Gasteiger partial charge >= 0.3 is 0 Å². The normalized spacial score (nSPS) is 15.0. The van der Waals surface area contributed by atoms with Crippen molar-refractivity contribution < 1.29 is 9.32 Å². The summed E-state index contributed by atoms with van der Waals surface area (Å²) in [5.41, 5.74) is 3.28. The number of aromatic nitrogens is 1. The van der Waals surface area contributed by atoms with Gasteiger partial charge in [0.15, 0.2) is 5.76 Å². The van der Waals surface area contributed by atoms with E-state index in [0.29, 0.717) is 6.42 Å². The molecule has 0 radical (unpaired) electrons. The van der Waals surface area contributed by atoms with Gasteiger partial charge in [0.25, 0.3) is 0 Å². The zero-order chi connectivity index (χ0) is 20.1. The Bertz CT molecular complexity index is 876. The van der Waals surface area contributed by atoms with E-state index in [0.717, 1.165) is 44.2 Å². The number of hydrogen-bond donors (Lipinski definition) is 0. The lowest BCUT2D eigenvalue weighted by Gasteiger charge is -2.35. The van der Waals surface area contributed by atoms with E-state index in [4.69, 9.17) is 4.52 Å². The Balaban J connectivity index is 1.38. The predicted molar refractivity (Wildman–Crippen MR) is 112 cm³/mol. The van der Waals surface area contributed by atoms with Gasteiger partial charge in [-0.2, -0.15) is 0 Å². The number of carbonyl (C=O) groups is 1. The van der Waals surface area contributed by atoms with E-state index in [1.54, 1.807) is 0 Å². The van der Waals surface area contributed by atoms with Crippen molar-refractivity contribution >= 4 is 5.91 Å². The highest BCUT2D eigenvalue weighted by Crippen LogP contribution is 2.28. The van der Waals surface area contributed by atoms with Crippen LogP contribution in [0.15, 0.2) is 71.3 Å². The molecule has 1 amide bonds. The Morgan fingerprint density at radius 1 is 0.966 bits per heavy atom. The first kappa shape index (κ1) is 19.4. The van der Waals surface area contributed by atoms with Gasteiger partial charge in [-0.3, -0.25) is 9.69 Å². The lowest BCUT2D eigenvalue weighted by Crippen LogP contribution is -2.48. The van der Waals surface area contributed by atoms with Crippen LogP contribution in [-0.2, 0) is 11.3 Å². The average molecular weight is 389 g/mol. The second-order valence-electron chi connectivity index (χ2n) is 7.67. The van der Waals surface area contributed by atoms with Crippen molar-refractivity contribution in [2.24, 2.45) is 0 Å². The summed E-state index contributed by atoms with van der Waals surface area (Å²) in [7, 11) is 0. The number of nitrogens with zero attached hydrogens (tertiary/aromatic N) is 3. The highest BCUT2D eigenvalue weighted by atomic mass is 16.5. The molecular weight excluding hydrogens is 362 g/mol. The van der Waals surface area contributed by atoms with Gasteiger partial charge < -0.3 is 9.42 Å². The van der Waals surface area contributed by atoms with E-state index in [1.165, 1.54) is 11.1 Å². The first-order valence-electron chi connectivity index (χ1n) is 10.2. The number of carbonyl (C=O) groups excluding carboxylic acids is 1. The Morgan fingerprint density at radius 3 is 2.07 bits per heavy atom. The third-order valence-corrected chi connectivity index (χ3v) is 5.56. The fraction of sp³-hybridized carbons (Fsp3) is 0.333. The molecule has 4 rings (SSSR count). The first-order valence-corrected chi connectivity index (χ1v) is 10.2. The molecule has 5 heteroatoms. The highest BCUT2D eigenvalue weighted by Gasteiger charge is 2.25. The van der Waals surface area contributed by atoms with E-state index in [2.05, 4.69) is 34.3 Å². The molecule has 0 aliphatic carbocycles. The average Bonchev–Trinajstić information content (AvgIpc) is 3.18. The zero-order valence-corrected chi connectivity index (χ0v) is 16.8. The molecule has 0 unspecified atom stereocenters. The largest absolute Gasteiger partial charge is 0.360 e. The van der Waals surface area contributed by atoms with Crippen LogP contribution in [0.4, 0.5) is 0 Å². The standard InChI is InChI=1S/C24H27N3O2/c1-19-16-22(29-25-19)18-26-12-14-27(15-13-26)24(28)17-23(20-8-4-2-5-9-20)21-10-6-3-7-11-21/h2-11,16,23H,12-15,17-18H2,1H3. The van der Waals surface area contributed by atoms with Crippen molar-refractivity contribution in [2.45, 2.75) is 25.8 Å². The molecule has 150 valence electrons. The number of piperazine rings is 1. The van der Waals surface area contributed by atoms with E-state index in [1.807, 2.05) is 54.3 Å². The minimum atomic E-state index is 0.0834. The Hall–Kier alpha value is -2.92. The van der Waals surface area contributed by atoms with Gasteiger partial charge in [0, 0.05) is 44.6 Å². The predicted octanol–water partition coefficient (Wildman–Crippen LogP) is 3.85. The SMILES string of the molecule is Cc1cc(CN2CCN(C(=O)CC(c3ccccc3)c3ccccc3)CC2)on1. The minimum Gasteiger partial charge on any atom is -0.360 e. The van der Waals surface area contributed by atoms with Crippen molar-refractivity contribution in [3.8, 4) is 0 Å². The number of rotatable bonds is 6. The molecule has 29 heavy (non-hydrogen) atoms. The fourth-order valence-corrected chi connectivity index (χ4v) is 3.97. The minimum absolute atomic E-state index is 0.0834. The lowest BCUT2D eigenvalue weighted by atomic mass is 9.88. The number of benzene rings is 2. The van der Waals surface area contributed by atoms with Crippen LogP contribution in [0, 0.1) is 6.92 Å². The van der Waals surface area contributed by atoms with Gasteiger partial charge in [-0.1, -0.05) is 65.8 Å². The molecule has 1 aliphatic heterocycles. The molecular formula is C24H27N3O2. The van der Waals surface area contributed by atoms with E-state index >= 15 is 0 Å². The Labute approximate surface area is 171 Å². The van der Waals surface area contributed by atoms with Crippen LogP contribution >= 0.6 is 0 Å². The van der Waals surface area contributed by atoms with E-state index < -0.39 is 0 Å². The second-order valence-corrected chi connectivity index (χ2v) is 7.67. The molecule has 1 aromatic heterocycles. The molecule has 5 nitrogen and oxygen atoms in total. The molecule has 0 spiro atoms. The Kier molecular flexibility index (Phi) is 6.06. The van der Waals surface area contributed by atoms with Crippen LogP contribution in [-0.4, -0.2) is 47.0 Å². The summed E-state index contributed by atoms with van der Waals surface area (Å²) in [6.45, 7) is 5.89. The maximum atomic E-state index is 13.1. The lowest BCUT2D eigenvalue weighted by molar-refractivity contribution is -0.133. The third kappa shape index (κ3) is 4.93. The van der Waals surface area contributed by atoms with Crippen LogP contribution in [0.1, 0.15) is 34.9 Å². The summed E-state index contributed by atoms with van der Waals surface area (Å²) in [5, 5.41) is 3.95. The van der Waals surface area contributed by atoms with Crippen molar-refractivity contribution in [2.75, 3.05) is 26.2 Å². The molecule has 1 saturated heterocycles. The summed E-state index contributed by atoms with van der Waals surface area (Å²) in [6, 6.07) is 22.6. The molecule has 1 fully saturated rings. The van der Waals surface area contributed by atoms with Crippen LogP contribution in [0.3, 0.4) is 0 Å². The molecule has 0 bridgehead atoms. The Morgan fingerprint density at radius 2 is 1.55 bits per heavy atom. The zero-order valence-electron chi connectivity index (χ0n) is 16.8. The van der Waals surface area contributed by atoms with E-state index in [9.17, 15) is 4.79 Å². The molecule has 0 saturated carbocycles. The van der Waals surface area contributed by atoms with Crippen LogP contribution in [0.25, 0.3) is 0 Å². The molecule has 1 aliphatic rings. The fourth-order valence-electron chi connectivity index (χ4n) is 3.97. The molecule has 2 heterocycles. The topological polar surface area (TPSA) is 49.6 Å². The summed E-state index contributed by atoms with van der Waals surface area (Å²) in [5.74, 6) is 1.19. The molecule has 2 aromatic carbocycles. The summed E-state index contributed by atoms with van der Waals surface area (Å²) in [6.07, 6.45) is 0.495. The summed E-state index contributed by atoms with van der Waals surface area (Å²) in [4.78, 5) is 17.4. The summed E-state index contributed by atoms with van der Waals surface area (Å²) < 4.78 is 5.32. The van der Waals surface area contributed by atoms with Gasteiger partial charge in [-0.25, -0.2) is 0 Å². The first-order chi connectivity index (χ1) is 14.2. The number of aryl methyl sites for hydroxylation is 1. The molecule has 3 aromatic rings. The van der Waals surface area contributed by atoms with Gasteiger partial charge in [0.1, 0.15) is 0 Å². The maximum Gasteiger partial charge on any atom is 0.223 e. The third-order valence-electron chi connectivity index (χ3n) is 5.56. The van der Waals surface area contributed by atoms with Crippen LogP contribution in [0.5, 0.6) is 0 Å². The van der Waals surface area contributed by atoms with Crippen molar-refractivity contribution in [1.29, 1.82) is 0 Å².